The van der Waals surface area contributed by atoms with E-state index in [1.54, 1.807) is 7.11 Å². The van der Waals surface area contributed by atoms with Gasteiger partial charge in [-0.3, -0.25) is 4.79 Å². The summed E-state index contributed by atoms with van der Waals surface area (Å²) < 4.78 is 14.7. The van der Waals surface area contributed by atoms with Crippen LogP contribution in [0.3, 0.4) is 0 Å². The van der Waals surface area contributed by atoms with Gasteiger partial charge in [0.1, 0.15) is 0 Å². The highest BCUT2D eigenvalue weighted by atomic mass is 16.5. The van der Waals surface area contributed by atoms with Crippen molar-refractivity contribution in [3.05, 3.63) is 0 Å². The Kier molecular flexibility index (Phi) is 8.77. The molecular weight excluding hydrogens is 276 g/mol. The number of ether oxygens (including phenoxy) is 3. The Morgan fingerprint density at radius 2 is 1.57 bits per heavy atom. The Morgan fingerprint density at radius 1 is 0.952 bits per heavy atom. The van der Waals surface area contributed by atoms with Gasteiger partial charge in [-0.2, -0.15) is 0 Å². The van der Waals surface area contributed by atoms with Crippen molar-refractivity contribution in [2.24, 2.45) is 0 Å². The number of methoxy groups -OCH3 is 2. The molecule has 0 aromatic rings. The summed E-state index contributed by atoms with van der Waals surface area (Å²) >= 11 is 0. The second-order valence-corrected chi connectivity index (χ2v) is 5.11. The molecule has 0 bridgehead atoms. The molecule has 0 aliphatic heterocycles. The molecule has 1 aliphatic carbocycles. The molecule has 7 nitrogen and oxygen atoms in total. The lowest BCUT2D eigenvalue weighted by molar-refractivity contribution is -0.123. The first-order chi connectivity index (χ1) is 10.2. The summed E-state index contributed by atoms with van der Waals surface area (Å²) in [6.07, 6.45) is 3.41. The number of carbonyl (C=O) groups excluding carboxylic acids is 2. The maximum absolute atomic E-state index is 11.7. The molecule has 0 aromatic heterocycles. The van der Waals surface area contributed by atoms with Crippen LogP contribution in [-0.2, 0) is 19.0 Å². The Hall–Kier alpha value is -1.34. The summed E-state index contributed by atoms with van der Waals surface area (Å²) in [5.41, 5.74) is 0. The number of hydrogen-bond donors (Lipinski definition) is 2. The maximum Gasteiger partial charge on any atom is 0.407 e. The molecule has 0 radical (unpaired) electrons. The lowest BCUT2D eigenvalue weighted by Gasteiger charge is -2.29. The van der Waals surface area contributed by atoms with E-state index in [0.717, 1.165) is 25.7 Å². The molecular formula is C14H26N2O5. The Morgan fingerprint density at radius 3 is 2.14 bits per heavy atom. The van der Waals surface area contributed by atoms with Crippen molar-refractivity contribution < 1.29 is 23.8 Å². The molecule has 1 fully saturated rings. The van der Waals surface area contributed by atoms with Gasteiger partial charge in [-0.1, -0.05) is 0 Å². The third-order valence-electron chi connectivity index (χ3n) is 3.50. The van der Waals surface area contributed by atoms with Crippen LogP contribution in [0, 0.1) is 0 Å². The van der Waals surface area contributed by atoms with Crippen molar-refractivity contribution in [1.29, 1.82) is 0 Å². The van der Waals surface area contributed by atoms with E-state index in [2.05, 4.69) is 15.4 Å². The number of amides is 2. The highest BCUT2D eigenvalue weighted by molar-refractivity contribution is 5.76. The van der Waals surface area contributed by atoms with Crippen LogP contribution in [0.1, 0.15) is 32.1 Å². The van der Waals surface area contributed by atoms with Gasteiger partial charge in [0.15, 0.2) is 0 Å². The first-order valence-electron chi connectivity index (χ1n) is 7.36. The highest BCUT2D eigenvalue weighted by Crippen LogP contribution is 2.18. The predicted molar refractivity (Wildman–Crippen MR) is 77.0 cm³/mol. The van der Waals surface area contributed by atoms with Gasteiger partial charge in [-0.25, -0.2) is 4.79 Å². The second-order valence-electron chi connectivity index (χ2n) is 5.11. The predicted octanol–water partition coefficient (Wildman–Crippen LogP) is 0.823. The van der Waals surface area contributed by atoms with Gasteiger partial charge >= 0.3 is 6.09 Å². The first kappa shape index (κ1) is 17.7. The zero-order valence-electron chi connectivity index (χ0n) is 12.9. The molecule has 2 amide bonds. The van der Waals surface area contributed by atoms with Gasteiger partial charge in [0.2, 0.25) is 5.91 Å². The van der Waals surface area contributed by atoms with Crippen molar-refractivity contribution in [2.75, 3.05) is 34.0 Å². The van der Waals surface area contributed by atoms with Gasteiger partial charge in [0.05, 0.1) is 26.9 Å². The zero-order chi connectivity index (χ0) is 15.5. The Balaban J connectivity index is 2.08. The minimum Gasteiger partial charge on any atom is -0.453 e. The maximum atomic E-state index is 11.7. The topological polar surface area (TPSA) is 85.9 Å². The minimum atomic E-state index is -0.393. The van der Waals surface area contributed by atoms with E-state index in [-0.39, 0.29) is 18.0 Å². The van der Waals surface area contributed by atoms with Crippen molar-refractivity contribution in [3.8, 4) is 0 Å². The number of rotatable bonds is 8. The standard InChI is InChI=1S/C14H26N2O5/c1-19-9-10-21-8-7-13(17)15-11-3-5-12(6-4-11)16-14(18)20-2/h11-12H,3-10H2,1-2H3,(H,15,17)(H,16,18). The van der Waals surface area contributed by atoms with Gasteiger partial charge in [0, 0.05) is 25.6 Å². The van der Waals surface area contributed by atoms with Gasteiger partial charge in [0.25, 0.3) is 0 Å². The molecule has 0 saturated heterocycles. The van der Waals surface area contributed by atoms with Crippen LogP contribution in [0.25, 0.3) is 0 Å². The summed E-state index contributed by atoms with van der Waals surface area (Å²) in [6, 6.07) is 0.329. The quantitative estimate of drug-likeness (QED) is 0.648. The Labute approximate surface area is 125 Å². The van der Waals surface area contributed by atoms with Crippen molar-refractivity contribution in [1.82, 2.24) is 10.6 Å². The van der Waals surface area contributed by atoms with Gasteiger partial charge < -0.3 is 24.8 Å². The number of carbonyl (C=O) groups is 2. The van der Waals surface area contributed by atoms with E-state index < -0.39 is 6.09 Å². The third-order valence-corrected chi connectivity index (χ3v) is 3.50. The van der Waals surface area contributed by atoms with Crippen LogP contribution in [0.4, 0.5) is 4.79 Å². The van der Waals surface area contributed by atoms with E-state index >= 15 is 0 Å². The number of nitrogens with one attached hydrogen (secondary N) is 2. The minimum absolute atomic E-state index is 0.0109. The second kappa shape index (κ2) is 10.4. The molecule has 7 heteroatoms. The fourth-order valence-electron chi connectivity index (χ4n) is 2.32. The lowest BCUT2D eigenvalue weighted by Crippen LogP contribution is -2.43. The Bertz CT molecular complexity index is 316. The van der Waals surface area contributed by atoms with E-state index in [4.69, 9.17) is 9.47 Å². The molecule has 1 saturated carbocycles. The largest absolute Gasteiger partial charge is 0.453 e. The molecule has 122 valence electrons. The molecule has 1 aliphatic rings. The molecule has 1 rings (SSSR count). The molecule has 2 N–H and O–H groups in total. The van der Waals surface area contributed by atoms with E-state index in [1.165, 1.54) is 7.11 Å². The van der Waals surface area contributed by atoms with E-state index in [0.29, 0.717) is 26.2 Å². The fraction of sp³-hybridized carbons (Fsp3) is 0.857. The smallest absolute Gasteiger partial charge is 0.407 e. The average molecular weight is 302 g/mol. The monoisotopic (exact) mass is 302 g/mol. The van der Waals surface area contributed by atoms with Gasteiger partial charge in [-0.05, 0) is 25.7 Å². The van der Waals surface area contributed by atoms with E-state index in [1.807, 2.05) is 0 Å². The highest BCUT2D eigenvalue weighted by Gasteiger charge is 2.23. The van der Waals surface area contributed by atoms with Crippen LogP contribution in [0.5, 0.6) is 0 Å². The molecule has 0 spiro atoms. The number of alkyl carbamates (subject to hydrolysis) is 1. The molecule has 0 atom stereocenters. The molecule has 21 heavy (non-hydrogen) atoms. The number of hydrogen-bond acceptors (Lipinski definition) is 5. The van der Waals surface area contributed by atoms with Crippen LogP contribution in [-0.4, -0.2) is 58.1 Å². The average Bonchev–Trinajstić information content (AvgIpc) is 2.49. The summed E-state index contributed by atoms with van der Waals surface area (Å²) in [4.78, 5) is 22.8. The van der Waals surface area contributed by atoms with Crippen LogP contribution < -0.4 is 10.6 Å². The first-order valence-corrected chi connectivity index (χ1v) is 7.36. The summed E-state index contributed by atoms with van der Waals surface area (Å²) in [5.74, 6) is 0.0109. The lowest BCUT2D eigenvalue weighted by atomic mass is 9.91. The summed E-state index contributed by atoms with van der Waals surface area (Å²) in [5, 5.41) is 5.79. The normalized spacial score (nSPS) is 21.6. The zero-order valence-corrected chi connectivity index (χ0v) is 12.9. The molecule has 0 heterocycles. The molecule has 0 unspecified atom stereocenters. The SMILES string of the molecule is COCCOCCC(=O)NC1CCC(NC(=O)OC)CC1. The third kappa shape index (κ3) is 7.87. The van der Waals surface area contributed by atoms with Crippen LogP contribution in [0.2, 0.25) is 0 Å². The molecule has 0 aromatic carbocycles. The van der Waals surface area contributed by atoms with Crippen molar-refractivity contribution in [3.63, 3.8) is 0 Å². The van der Waals surface area contributed by atoms with Gasteiger partial charge in [-0.15, -0.1) is 0 Å². The van der Waals surface area contributed by atoms with Crippen molar-refractivity contribution in [2.45, 2.75) is 44.2 Å². The van der Waals surface area contributed by atoms with Crippen molar-refractivity contribution >= 4 is 12.0 Å². The summed E-state index contributed by atoms with van der Waals surface area (Å²) in [7, 11) is 2.97. The van der Waals surface area contributed by atoms with Crippen LogP contribution >= 0.6 is 0 Å². The fourth-order valence-corrected chi connectivity index (χ4v) is 2.32. The summed E-state index contributed by atoms with van der Waals surface area (Å²) in [6.45, 7) is 1.46. The van der Waals surface area contributed by atoms with E-state index in [9.17, 15) is 9.59 Å². The van der Waals surface area contributed by atoms with Crippen LogP contribution in [0.15, 0.2) is 0 Å².